The van der Waals surface area contributed by atoms with Crippen molar-refractivity contribution in [3.05, 3.63) is 65.2 Å². The maximum atomic E-state index is 5.18. The quantitative estimate of drug-likeness (QED) is 0.320. The fourth-order valence-electron chi connectivity index (χ4n) is 3.49. The summed E-state index contributed by atoms with van der Waals surface area (Å²) < 4.78 is 5.18. The highest BCUT2D eigenvalue weighted by Gasteiger charge is 2.01. The van der Waals surface area contributed by atoms with Gasteiger partial charge in [-0.25, -0.2) is 0 Å². The molecular weight excluding hydrogens is 370 g/mol. The first-order chi connectivity index (χ1) is 14.7. The molecule has 164 valence electrons. The van der Waals surface area contributed by atoms with Crippen LogP contribution in [0.5, 0.6) is 5.75 Å². The van der Waals surface area contributed by atoms with Crippen LogP contribution in [0.2, 0.25) is 0 Å². The highest BCUT2D eigenvalue weighted by molar-refractivity contribution is 5.79. The van der Waals surface area contributed by atoms with Crippen molar-refractivity contribution in [1.82, 2.24) is 10.2 Å². The third-order valence-electron chi connectivity index (χ3n) is 5.14. The topological polar surface area (TPSA) is 36.9 Å². The number of nitrogens with one attached hydrogen (secondary N) is 1. The molecule has 4 nitrogen and oxygen atoms in total. The minimum Gasteiger partial charge on any atom is -0.497 e. The third kappa shape index (κ3) is 9.55. The average molecular weight is 410 g/mol. The van der Waals surface area contributed by atoms with Crippen LogP contribution < -0.4 is 10.1 Å². The van der Waals surface area contributed by atoms with Crippen molar-refractivity contribution in [2.75, 3.05) is 33.3 Å². The van der Waals surface area contributed by atoms with Crippen LogP contribution in [-0.4, -0.2) is 44.4 Å². The summed E-state index contributed by atoms with van der Waals surface area (Å²) in [5.74, 6) is 0.867. The number of hydrogen-bond acceptors (Lipinski definition) is 4. The summed E-state index contributed by atoms with van der Waals surface area (Å²) in [5, 5.41) is 3.57. The first-order valence-electron chi connectivity index (χ1n) is 11.4. The van der Waals surface area contributed by atoms with Gasteiger partial charge < -0.3 is 15.0 Å². The molecular formula is C26H39N3O. The Morgan fingerprint density at radius 1 is 0.867 bits per heavy atom. The highest BCUT2D eigenvalue weighted by atomic mass is 16.5. The summed E-state index contributed by atoms with van der Waals surface area (Å²) in [6.07, 6.45) is 6.93. The molecule has 0 fully saturated rings. The van der Waals surface area contributed by atoms with Crippen LogP contribution >= 0.6 is 0 Å². The lowest BCUT2D eigenvalue weighted by Gasteiger charge is -2.20. The molecule has 0 radical (unpaired) electrons. The van der Waals surface area contributed by atoms with Gasteiger partial charge in [0.15, 0.2) is 0 Å². The van der Waals surface area contributed by atoms with Crippen LogP contribution in [0.4, 0.5) is 0 Å². The molecule has 0 aliphatic heterocycles. The summed E-state index contributed by atoms with van der Waals surface area (Å²) in [5.41, 5.74) is 3.65. The largest absolute Gasteiger partial charge is 0.497 e. The van der Waals surface area contributed by atoms with Crippen LogP contribution in [-0.2, 0) is 13.1 Å². The van der Waals surface area contributed by atoms with Gasteiger partial charge in [-0.05, 0) is 92.8 Å². The lowest BCUT2D eigenvalue weighted by molar-refractivity contribution is 0.268. The number of ether oxygens (including phenoxy) is 1. The molecule has 4 heteroatoms. The number of rotatable bonds is 15. The van der Waals surface area contributed by atoms with E-state index < -0.39 is 0 Å². The van der Waals surface area contributed by atoms with Crippen molar-refractivity contribution >= 4 is 6.21 Å². The minimum absolute atomic E-state index is 0.700. The molecule has 0 spiro atoms. The van der Waals surface area contributed by atoms with Crippen LogP contribution in [0.1, 0.15) is 56.2 Å². The number of benzene rings is 2. The van der Waals surface area contributed by atoms with Gasteiger partial charge in [0, 0.05) is 12.8 Å². The second kappa shape index (κ2) is 14.8. The van der Waals surface area contributed by atoms with E-state index in [0.29, 0.717) is 6.54 Å². The molecule has 0 bridgehead atoms. The van der Waals surface area contributed by atoms with Crippen LogP contribution in [0.15, 0.2) is 53.5 Å². The molecule has 2 rings (SSSR count). The van der Waals surface area contributed by atoms with E-state index in [0.717, 1.165) is 24.4 Å². The van der Waals surface area contributed by atoms with E-state index in [1.807, 2.05) is 30.5 Å². The van der Waals surface area contributed by atoms with Gasteiger partial charge >= 0.3 is 0 Å². The molecule has 0 atom stereocenters. The zero-order valence-corrected chi connectivity index (χ0v) is 19.1. The molecule has 0 unspecified atom stereocenters. The summed E-state index contributed by atoms with van der Waals surface area (Å²) in [6.45, 7) is 10.9. The minimum atomic E-state index is 0.700. The summed E-state index contributed by atoms with van der Waals surface area (Å²) in [6, 6.07) is 16.7. The standard InChI is InChI=1S/C26H39N3O/c1-4-17-29(18-5-2)19-7-6-16-27-20-23-8-10-24(11-9-23)21-28-22-25-12-14-26(30-3)15-13-25/h8-15,22,27H,4-7,16-21H2,1-3H3. The van der Waals surface area contributed by atoms with E-state index in [4.69, 9.17) is 4.74 Å². The molecule has 1 N–H and O–H groups in total. The molecule has 0 aromatic heterocycles. The Morgan fingerprint density at radius 3 is 2.17 bits per heavy atom. The Kier molecular flexibility index (Phi) is 11.9. The second-order valence-electron chi connectivity index (χ2n) is 7.78. The SMILES string of the molecule is CCCN(CCC)CCCCNCc1ccc(CN=Cc2ccc(OC)cc2)cc1. The molecule has 0 saturated carbocycles. The van der Waals surface area contributed by atoms with Gasteiger partial charge in [-0.15, -0.1) is 0 Å². The maximum Gasteiger partial charge on any atom is 0.118 e. The lowest BCUT2D eigenvalue weighted by Crippen LogP contribution is -2.27. The van der Waals surface area contributed by atoms with Crippen molar-refractivity contribution in [3.63, 3.8) is 0 Å². The van der Waals surface area contributed by atoms with E-state index in [1.54, 1.807) is 7.11 Å². The Morgan fingerprint density at radius 2 is 1.53 bits per heavy atom. The van der Waals surface area contributed by atoms with Gasteiger partial charge in [-0.2, -0.15) is 0 Å². The summed E-state index contributed by atoms with van der Waals surface area (Å²) in [7, 11) is 1.68. The molecule has 0 aliphatic carbocycles. The molecule has 0 saturated heterocycles. The first-order valence-corrected chi connectivity index (χ1v) is 11.4. The number of aliphatic imine (C=N–C) groups is 1. The van der Waals surface area contributed by atoms with E-state index in [2.05, 4.69) is 53.3 Å². The Balaban J connectivity index is 1.62. The lowest BCUT2D eigenvalue weighted by atomic mass is 10.1. The van der Waals surface area contributed by atoms with Crippen molar-refractivity contribution < 1.29 is 4.74 Å². The number of methoxy groups -OCH3 is 1. The summed E-state index contributed by atoms with van der Waals surface area (Å²) in [4.78, 5) is 7.14. The molecule has 2 aromatic rings. The van der Waals surface area contributed by atoms with Gasteiger partial charge in [0.25, 0.3) is 0 Å². The fourth-order valence-corrected chi connectivity index (χ4v) is 3.49. The molecule has 0 heterocycles. The van der Waals surface area contributed by atoms with E-state index >= 15 is 0 Å². The van der Waals surface area contributed by atoms with Crippen LogP contribution in [0, 0.1) is 0 Å². The zero-order valence-electron chi connectivity index (χ0n) is 19.1. The Hall–Kier alpha value is -2.17. The van der Waals surface area contributed by atoms with Gasteiger partial charge in [-0.1, -0.05) is 38.1 Å². The van der Waals surface area contributed by atoms with Crippen molar-refractivity contribution in [2.24, 2.45) is 4.99 Å². The van der Waals surface area contributed by atoms with E-state index in [9.17, 15) is 0 Å². The normalized spacial score (nSPS) is 11.5. The van der Waals surface area contributed by atoms with Gasteiger partial charge in [0.2, 0.25) is 0 Å². The molecule has 0 amide bonds. The second-order valence-corrected chi connectivity index (χ2v) is 7.78. The predicted octanol–water partition coefficient (Wildman–Crippen LogP) is 5.31. The summed E-state index contributed by atoms with van der Waals surface area (Å²) >= 11 is 0. The number of unbranched alkanes of at least 4 members (excludes halogenated alkanes) is 1. The molecule has 2 aromatic carbocycles. The van der Waals surface area contributed by atoms with Crippen molar-refractivity contribution in [1.29, 1.82) is 0 Å². The zero-order chi connectivity index (χ0) is 21.4. The Labute approximate surface area is 183 Å². The first kappa shape index (κ1) is 24.1. The van der Waals surface area contributed by atoms with E-state index in [1.165, 1.54) is 56.4 Å². The van der Waals surface area contributed by atoms with E-state index in [-0.39, 0.29) is 0 Å². The maximum absolute atomic E-state index is 5.18. The monoisotopic (exact) mass is 409 g/mol. The van der Waals surface area contributed by atoms with Gasteiger partial charge in [0.1, 0.15) is 5.75 Å². The van der Waals surface area contributed by atoms with Crippen LogP contribution in [0.25, 0.3) is 0 Å². The third-order valence-corrected chi connectivity index (χ3v) is 5.14. The number of hydrogen-bond donors (Lipinski definition) is 1. The van der Waals surface area contributed by atoms with Gasteiger partial charge in [-0.3, -0.25) is 4.99 Å². The van der Waals surface area contributed by atoms with Crippen LogP contribution in [0.3, 0.4) is 0 Å². The van der Waals surface area contributed by atoms with Crippen molar-refractivity contribution in [2.45, 2.75) is 52.6 Å². The fraction of sp³-hybridized carbons (Fsp3) is 0.500. The average Bonchev–Trinajstić information content (AvgIpc) is 2.78. The highest BCUT2D eigenvalue weighted by Crippen LogP contribution is 2.10. The smallest absolute Gasteiger partial charge is 0.118 e. The van der Waals surface area contributed by atoms with Gasteiger partial charge in [0.05, 0.1) is 13.7 Å². The molecule has 30 heavy (non-hydrogen) atoms. The van der Waals surface area contributed by atoms with Crippen molar-refractivity contribution in [3.8, 4) is 5.75 Å². The Bertz CT molecular complexity index is 704. The number of nitrogens with zero attached hydrogens (tertiary/aromatic N) is 2. The molecule has 0 aliphatic rings. The predicted molar refractivity (Wildman–Crippen MR) is 129 cm³/mol.